The van der Waals surface area contributed by atoms with Crippen molar-refractivity contribution in [3.05, 3.63) is 102 Å². The minimum Gasteiger partial charge on any atom is -0.497 e. The van der Waals surface area contributed by atoms with Crippen LogP contribution >= 0.6 is 0 Å². The Morgan fingerprint density at radius 2 is 1.28 bits per heavy atom. The summed E-state index contributed by atoms with van der Waals surface area (Å²) in [4.78, 5) is 38.4. The van der Waals surface area contributed by atoms with Crippen LogP contribution in [-0.4, -0.2) is 44.8 Å². The maximum Gasteiger partial charge on any atom is 0.349 e. The first-order valence-electron chi connectivity index (χ1n) is 12.1. The fourth-order valence-corrected chi connectivity index (χ4v) is 4.00. The zero-order valence-electron chi connectivity index (χ0n) is 22.2. The molecule has 1 aliphatic rings. The molecule has 0 bridgehead atoms. The van der Waals surface area contributed by atoms with Crippen LogP contribution in [0.5, 0.6) is 17.2 Å². The summed E-state index contributed by atoms with van der Waals surface area (Å²) in [5.74, 6) is -1.16. The highest BCUT2D eigenvalue weighted by Gasteiger charge is 2.38. The molecule has 9 heteroatoms. The van der Waals surface area contributed by atoms with Gasteiger partial charge in [-0.3, -0.25) is 0 Å². The van der Waals surface area contributed by atoms with Crippen molar-refractivity contribution in [3.63, 3.8) is 0 Å². The topological polar surface area (TPSA) is 109 Å². The Balaban J connectivity index is 1.82. The van der Waals surface area contributed by atoms with Gasteiger partial charge in [0, 0.05) is 11.4 Å². The molecule has 0 saturated heterocycles. The van der Waals surface area contributed by atoms with Crippen LogP contribution in [0.4, 0.5) is 0 Å². The lowest BCUT2D eigenvalue weighted by Gasteiger charge is -2.30. The molecule has 0 saturated carbocycles. The van der Waals surface area contributed by atoms with E-state index in [0.717, 1.165) is 0 Å². The molecule has 9 nitrogen and oxygen atoms in total. The van der Waals surface area contributed by atoms with Gasteiger partial charge in [0.1, 0.15) is 30.5 Å². The molecule has 0 radical (unpaired) electrons. The maximum absolute atomic E-state index is 13.0. The average molecular weight is 534 g/mol. The van der Waals surface area contributed by atoms with E-state index in [1.807, 2.05) is 0 Å². The maximum atomic E-state index is 13.0. The fraction of sp³-hybridized carbons (Fsp3) is 0.233. The minimum absolute atomic E-state index is 0.00869. The van der Waals surface area contributed by atoms with Crippen molar-refractivity contribution in [1.29, 1.82) is 0 Å². The van der Waals surface area contributed by atoms with Crippen molar-refractivity contribution < 1.29 is 38.1 Å². The largest absolute Gasteiger partial charge is 0.497 e. The van der Waals surface area contributed by atoms with E-state index in [0.29, 0.717) is 28.5 Å². The number of ether oxygens (including phenoxy) is 5. The quantitative estimate of drug-likeness (QED) is 0.242. The first-order valence-corrected chi connectivity index (χ1v) is 12.1. The van der Waals surface area contributed by atoms with Gasteiger partial charge in [0.05, 0.1) is 24.2 Å². The van der Waals surface area contributed by atoms with Gasteiger partial charge in [0.25, 0.3) is 0 Å². The number of rotatable bonds is 12. The molecule has 1 aliphatic heterocycles. The Hall–Kier alpha value is -4.79. The summed E-state index contributed by atoms with van der Waals surface area (Å²) in [6.07, 6.45) is 2.92. The Kier molecular flexibility index (Phi) is 10.1. The number of hydrogen-bond donors (Lipinski definition) is 1. The van der Waals surface area contributed by atoms with E-state index < -0.39 is 23.8 Å². The van der Waals surface area contributed by atoms with Gasteiger partial charge in [-0.1, -0.05) is 37.4 Å². The molecule has 1 N–H and O–H groups in total. The molecule has 2 aromatic carbocycles. The second kappa shape index (κ2) is 13.7. The highest BCUT2D eigenvalue weighted by Crippen LogP contribution is 2.39. The third kappa shape index (κ3) is 7.38. The van der Waals surface area contributed by atoms with E-state index >= 15 is 0 Å². The van der Waals surface area contributed by atoms with Crippen molar-refractivity contribution in [1.82, 2.24) is 5.32 Å². The van der Waals surface area contributed by atoms with Crippen LogP contribution in [0.15, 0.2) is 96.4 Å². The van der Waals surface area contributed by atoms with Gasteiger partial charge in [-0.15, -0.1) is 0 Å². The minimum atomic E-state index is -0.788. The smallest absolute Gasteiger partial charge is 0.349 e. The third-order valence-electron chi connectivity index (χ3n) is 5.73. The number of benzene rings is 2. The van der Waals surface area contributed by atoms with Crippen molar-refractivity contribution in [2.45, 2.75) is 19.8 Å². The Bertz CT molecular complexity index is 1240. The van der Waals surface area contributed by atoms with Crippen LogP contribution in [0.1, 0.15) is 25.3 Å². The predicted octanol–water partition coefficient (Wildman–Crippen LogP) is 4.37. The van der Waals surface area contributed by atoms with Crippen molar-refractivity contribution in [2.24, 2.45) is 0 Å². The van der Waals surface area contributed by atoms with Crippen LogP contribution < -0.4 is 19.5 Å². The molecule has 0 unspecified atom stereocenters. The van der Waals surface area contributed by atoms with Gasteiger partial charge < -0.3 is 29.0 Å². The number of hydrogen-bond acceptors (Lipinski definition) is 9. The van der Waals surface area contributed by atoms with Crippen LogP contribution in [0.25, 0.3) is 0 Å². The predicted molar refractivity (Wildman–Crippen MR) is 144 cm³/mol. The number of nitrogens with one attached hydrogen (secondary N) is 1. The molecular weight excluding hydrogens is 502 g/mol. The Labute approximate surface area is 227 Å². The number of esters is 3. The summed E-state index contributed by atoms with van der Waals surface area (Å²) in [5.41, 5.74) is 2.19. The summed E-state index contributed by atoms with van der Waals surface area (Å²) in [6.45, 7) is 10.3. The van der Waals surface area contributed by atoms with E-state index in [4.69, 9.17) is 23.7 Å². The van der Waals surface area contributed by atoms with Crippen LogP contribution in [0.2, 0.25) is 0 Å². The van der Waals surface area contributed by atoms with Crippen LogP contribution in [-0.2, 0) is 23.9 Å². The Morgan fingerprint density at radius 1 is 0.795 bits per heavy atom. The lowest BCUT2D eigenvalue weighted by Crippen LogP contribution is -2.32. The average Bonchev–Trinajstić information content (AvgIpc) is 2.93. The van der Waals surface area contributed by atoms with E-state index in [-0.39, 0.29) is 36.7 Å². The number of carbonyl (C=O) groups excluding carboxylic acids is 3. The Morgan fingerprint density at radius 3 is 1.77 bits per heavy atom. The molecule has 0 spiro atoms. The molecule has 39 heavy (non-hydrogen) atoms. The van der Waals surface area contributed by atoms with Crippen molar-refractivity contribution >= 4 is 17.9 Å². The number of allylic oxidation sites excluding steroid dienone is 2. The molecule has 0 amide bonds. The first-order chi connectivity index (χ1) is 18.8. The van der Waals surface area contributed by atoms with E-state index in [9.17, 15) is 14.4 Å². The van der Waals surface area contributed by atoms with Crippen LogP contribution in [0, 0.1) is 0 Å². The van der Waals surface area contributed by atoms with Gasteiger partial charge in [-0.05, 0) is 55.8 Å². The summed E-state index contributed by atoms with van der Waals surface area (Å²) in [5, 5.41) is 3.08. The highest BCUT2D eigenvalue weighted by molar-refractivity contribution is 6.00. The van der Waals surface area contributed by atoms with Crippen LogP contribution in [0.3, 0.4) is 0 Å². The SMILES string of the molecule is C=CCOC(=O)C1=C(C)NC(C)=C(C(=O)OCC=C)C1c1ccc(OC(=O)COc2ccc(OC)cc2)cc1. The van der Waals surface area contributed by atoms with E-state index in [1.54, 1.807) is 69.5 Å². The third-order valence-corrected chi connectivity index (χ3v) is 5.73. The molecule has 1 heterocycles. The molecule has 0 aliphatic carbocycles. The van der Waals surface area contributed by atoms with Gasteiger partial charge in [0.15, 0.2) is 6.61 Å². The standard InChI is InChI=1S/C30H31NO8/c1-6-16-36-29(33)26-19(3)31-20(4)27(30(34)37-17-7-2)28(26)21-8-10-24(11-9-21)39-25(32)18-38-23-14-12-22(35-5)13-15-23/h6-15,28,31H,1-2,16-18H2,3-5H3. The molecule has 3 rings (SSSR count). The zero-order valence-corrected chi connectivity index (χ0v) is 22.2. The lowest BCUT2D eigenvalue weighted by molar-refractivity contribution is -0.139. The molecule has 0 fully saturated rings. The van der Waals surface area contributed by atoms with Gasteiger partial charge >= 0.3 is 17.9 Å². The van der Waals surface area contributed by atoms with Gasteiger partial charge in [-0.2, -0.15) is 0 Å². The molecule has 0 atom stereocenters. The zero-order chi connectivity index (χ0) is 28.4. The van der Waals surface area contributed by atoms with E-state index in [2.05, 4.69) is 18.5 Å². The molecule has 204 valence electrons. The summed E-state index contributed by atoms with van der Waals surface area (Å²) < 4.78 is 26.6. The molecular formula is C30H31NO8. The lowest BCUT2D eigenvalue weighted by atomic mass is 9.80. The number of carbonyl (C=O) groups is 3. The summed E-state index contributed by atoms with van der Waals surface area (Å²) in [7, 11) is 1.56. The normalized spacial score (nSPS) is 13.2. The first kappa shape index (κ1) is 28.8. The molecule has 2 aromatic rings. The van der Waals surface area contributed by atoms with Crippen molar-refractivity contribution in [3.8, 4) is 17.2 Å². The second-order valence-corrected chi connectivity index (χ2v) is 8.42. The highest BCUT2D eigenvalue weighted by atomic mass is 16.6. The van der Waals surface area contributed by atoms with Gasteiger partial charge in [0.2, 0.25) is 0 Å². The summed E-state index contributed by atoms with van der Waals surface area (Å²) >= 11 is 0. The van der Waals surface area contributed by atoms with Crippen molar-refractivity contribution in [2.75, 3.05) is 26.9 Å². The number of dihydropyridines is 1. The summed E-state index contributed by atoms with van der Waals surface area (Å²) in [6, 6.07) is 13.3. The van der Waals surface area contributed by atoms with E-state index in [1.165, 1.54) is 12.2 Å². The second-order valence-electron chi connectivity index (χ2n) is 8.42. The van der Waals surface area contributed by atoms with Gasteiger partial charge in [-0.25, -0.2) is 14.4 Å². The monoisotopic (exact) mass is 533 g/mol. The molecule has 0 aromatic heterocycles. The fourth-order valence-electron chi connectivity index (χ4n) is 4.00. The number of methoxy groups -OCH3 is 1.